The van der Waals surface area contributed by atoms with Crippen LogP contribution in [-0.4, -0.2) is 42.5 Å². The Morgan fingerprint density at radius 3 is 2.16 bits per heavy atom. The maximum Gasteiger partial charge on any atom is 0.240 e. The van der Waals surface area contributed by atoms with Gasteiger partial charge in [-0.15, -0.1) is 0 Å². The van der Waals surface area contributed by atoms with Crippen LogP contribution in [0.5, 0.6) is 0 Å². The molecule has 0 aromatic heterocycles. The second-order valence-corrected chi connectivity index (χ2v) is 8.69. The molecule has 1 aliphatic carbocycles. The third kappa shape index (κ3) is 4.99. The third-order valence-electron chi connectivity index (χ3n) is 6.97. The fraction of sp³-hybridized carbons (Fsp3) is 0.444. The maximum atomic E-state index is 14.0. The maximum absolute atomic E-state index is 14.0. The van der Waals surface area contributed by atoms with Gasteiger partial charge in [-0.3, -0.25) is 9.59 Å². The van der Waals surface area contributed by atoms with Gasteiger partial charge in [-0.05, 0) is 48.4 Å². The average molecular weight is 435 g/mol. The molecule has 0 radical (unpaired) electrons. The van der Waals surface area contributed by atoms with Crippen LogP contribution in [0.15, 0.2) is 48.5 Å². The number of hydrogen-bond donors (Lipinski definition) is 1. The molecule has 1 N–H and O–H groups in total. The zero-order valence-corrected chi connectivity index (χ0v) is 19.3. The number of hydrogen-bond acceptors (Lipinski definition) is 4. The highest BCUT2D eigenvalue weighted by molar-refractivity contribution is 5.86. The lowest BCUT2D eigenvalue weighted by Crippen LogP contribution is -2.54. The van der Waals surface area contributed by atoms with Crippen LogP contribution in [0.3, 0.4) is 0 Å². The summed E-state index contributed by atoms with van der Waals surface area (Å²) in [6.45, 7) is 4.34. The average Bonchev–Trinajstić information content (AvgIpc) is 3.25. The summed E-state index contributed by atoms with van der Waals surface area (Å²) in [6.07, 6.45) is 5.01. The molecular formula is C27H34N2O3. The van der Waals surface area contributed by atoms with Crippen LogP contribution in [0.4, 0.5) is 0 Å². The summed E-state index contributed by atoms with van der Waals surface area (Å²) in [4.78, 5) is 39.6. The highest BCUT2D eigenvalue weighted by Gasteiger charge is 2.38. The van der Waals surface area contributed by atoms with Gasteiger partial charge in [-0.25, -0.2) is 0 Å². The van der Waals surface area contributed by atoms with Crippen LogP contribution < -0.4 is 5.32 Å². The molecule has 2 aromatic rings. The Morgan fingerprint density at radius 1 is 1.03 bits per heavy atom. The lowest BCUT2D eigenvalue weighted by Gasteiger charge is -2.37. The van der Waals surface area contributed by atoms with Crippen molar-refractivity contribution in [3.63, 3.8) is 0 Å². The first-order chi connectivity index (χ1) is 15.6. The largest absolute Gasteiger partial charge is 0.327 e. The summed E-state index contributed by atoms with van der Waals surface area (Å²) in [7, 11) is 1.82. The van der Waals surface area contributed by atoms with Gasteiger partial charge in [0.25, 0.3) is 0 Å². The molecular weight excluding hydrogens is 400 g/mol. The van der Waals surface area contributed by atoms with Crippen molar-refractivity contribution >= 4 is 18.5 Å². The Balaban J connectivity index is 1.94. The fourth-order valence-electron chi connectivity index (χ4n) is 5.09. The van der Waals surface area contributed by atoms with Gasteiger partial charge in [0.1, 0.15) is 12.6 Å². The molecule has 0 spiro atoms. The van der Waals surface area contributed by atoms with Crippen molar-refractivity contribution in [3.05, 3.63) is 70.8 Å². The van der Waals surface area contributed by atoms with Crippen LogP contribution in [0, 0.1) is 11.8 Å². The fourth-order valence-corrected chi connectivity index (χ4v) is 5.09. The molecule has 5 heteroatoms. The van der Waals surface area contributed by atoms with Crippen molar-refractivity contribution in [1.29, 1.82) is 0 Å². The molecule has 1 amide bonds. The number of aldehydes is 2. The molecule has 2 atom stereocenters. The van der Waals surface area contributed by atoms with Gasteiger partial charge in [0.15, 0.2) is 0 Å². The Morgan fingerprint density at radius 2 is 1.62 bits per heavy atom. The molecule has 32 heavy (non-hydrogen) atoms. The highest BCUT2D eigenvalue weighted by Crippen LogP contribution is 2.31. The van der Waals surface area contributed by atoms with Crippen LogP contribution >= 0.6 is 0 Å². The van der Waals surface area contributed by atoms with Crippen LogP contribution in [-0.2, 0) is 29.0 Å². The van der Waals surface area contributed by atoms with E-state index in [4.69, 9.17) is 0 Å². The molecule has 2 aromatic carbocycles. The van der Waals surface area contributed by atoms with E-state index in [1.807, 2.05) is 37.4 Å². The van der Waals surface area contributed by atoms with Gasteiger partial charge in [-0.2, -0.15) is 0 Å². The van der Waals surface area contributed by atoms with E-state index in [1.165, 1.54) is 11.1 Å². The smallest absolute Gasteiger partial charge is 0.240 e. The Labute approximate surface area is 191 Å². The summed E-state index contributed by atoms with van der Waals surface area (Å²) in [6, 6.07) is 14.7. The highest BCUT2D eigenvalue weighted by atomic mass is 16.2. The number of benzene rings is 2. The number of carbonyl (C=O) groups is 3. The summed E-state index contributed by atoms with van der Waals surface area (Å²) in [5, 5.41) is 3.25. The van der Waals surface area contributed by atoms with Crippen molar-refractivity contribution in [1.82, 2.24) is 10.2 Å². The van der Waals surface area contributed by atoms with Crippen molar-refractivity contribution in [2.24, 2.45) is 11.8 Å². The summed E-state index contributed by atoms with van der Waals surface area (Å²) < 4.78 is 0. The molecule has 0 aliphatic heterocycles. The van der Waals surface area contributed by atoms with E-state index in [1.54, 1.807) is 11.0 Å². The third-order valence-corrected chi connectivity index (χ3v) is 6.97. The molecule has 0 fully saturated rings. The predicted molar refractivity (Wildman–Crippen MR) is 126 cm³/mol. The molecule has 1 aliphatic rings. The molecule has 0 bridgehead atoms. The van der Waals surface area contributed by atoms with Gasteiger partial charge in [0.2, 0.25) is 5.91 Å². The van der Waals surface area contributed by atoms with Gasteiger partial charge >= 0.3 is 0 Å². The topological polar surface area (TPSA) is 66.5 Å². The number of carbonyl (C=O) groups excluding carboxylic acids is 3. The first kappa shape index (κ1) is 23.9. The van der Waals surface area contributed by atoms with E-state index < -0.39 is 12.1 Å². The SMILES string of the molecule is CCC(CC)C(C=O)N(Cc1ccccc1C=O)C(=O)C(NC)C1Cc2ccccc2C1. The van der Waals surface area contributed by atoms with Gasteiger partial charge in [0.05, 0.1) is 12.1 Å². The van der Waals surface area contributed by atoms with Gasteiger partial charge < -0.3 is 15.0 Å². The number of nitrogens with one attached hydrogen (secondary N) is 1. The molecule has 0 heterocycles. The minimum atomic E-state index is -0.531. The van der Waals surface area contributed by atoms with E-state index in [9.17, 15) is 14.4 Å². The standard InChI is InChI=1S/C27H34N2O3/c1-4-19(5-2)25(18-31)29(16-22-12-8-9-13-23(22)17-30)27(32)26(28-3)24-14-20-10-6-7-11-21(20)15-24/h6-13,17-19,24-26,28H,4-5,14-16H2,1-3H3. The number of rotatable bonds is 11. The van der Waals surface area contributed by atoms with E-state index in [0.29, 0.717) is 5.56 Å². The molecule has 5 nitrogen and oxygen atoms in total. The first-order valence-corrected chi connectivity index (χ1v) is 11.6. The van der Waals surface area contributed by atoms with Crippen molar-refractivity contribution in [2.75, 3.05) is 7.05 Å². The first-order valence-electron chi connectivity index (χ1n) is 11.6. The molecule has 170 valence electrons. The monoisotopic (exact) mass is 434 g/mol. The number of fused-ring (bicyclic) bond motifs is 1. The van der Waals surface area contributed by atoms with E-state index in [-0.39, 0.29) is 24.3 Å². The van der Waals surface area contributed by atoms with Crippen molar-refractivity contribution < 1.29 is 14.4 Å². The predicted octanol–water partition coefficient (Wildman–Crippen LogP) is 3.83. The van der Waals surface area contributed by atoms with E-state index >= 15 is 0 Å². The molecule has 3 rings (SSSR count). The van der Waals surface area contributed by atoms with Crippen LogP contribution in [0.2, 0.25) is 0 Å². The normalized spacial score (nSPS) is 15.2. The summed E-state index contributed by atoms with van der Waals surface area (Å²) in [5.41, 5.74) is 3.89. The lowest BCUT2D eigenvalue weighted by molar-refractivity contribution is -0.142. The van der Waals surface area contributed by atoms with Crippen LogP contribution in [0.1, 0.15) is 53.7 Å². The summed E-state index contributed by atoms with van der Waals surface area (Å²) >= 11 is 0. The molecule has 2 unspecified atom stereocenters. The van der Waals surface area contributed by atoms with E-state index in [2.05, 4.69) is 31.3 Å². The molecule has 0 saturated heterocycles. The van der Waals surface area contributed by atoms with Gasteiger partial charge in [-0.1, -0.05) is 75.2 Å². The number of nitrogens with zero attached hydrogens (tertiary/aromatic N) is 1. The summed E-state index contributed by atoms with van der Waals surface area (Å²) in [5.74, 6) is 0.121. The van der Waals surface area contributed by atoms with Gasteiger partial charge in [0, 0.05) is 12.1 Å². The second-order valence-electron chi connectivity index (χ2n) is 8.69. The number of likely N-dealkylation sites (N-methyl/N-ethyl adjacent to an activating group) is 1. The van der Waals surface area contributed by atoms with E-state index in [0.717, 1.165) is 43.8 Å². The number of amides is 1. The zero-order valence-electron chi connectivity index (χ0n) is 19.3. The lowest BCUT2D eigenvalue weighted by atomic mass is 9.90. The Kier molecular flexibility index (Phi) is 8.34. The Hall–Kier alpha value is -2.79. The Bertz CT molecular complexity index is 913. The molecule has 0 saturated carbocycles. The zero-order chi connectivity index (χ0) is 23.1. The van der Waals surface area contributed by atoms with Crippen LogP contribution in [0.25, 0.3) is 0 Å². The van der Waals surface area contributed by atoms with Crippen molar-refractivity contribution in [2.45, 2.75) is 58.2 Å². The minimum Gasteiger partial charge on any atom is -0.327 e. The minimum absolute atomic E-state index is 0.0677. The van der Waals surface area contributed by atoms with Crippen molar-refractivity contribution in [3.8, 4) is 0 Å². The quantitative estimate of drug-likeness (QED) is 0.546. The second kappa shape index (κ2) is 11.2.